The Morgan fingerprint density at radius 1 is 1.20 bits per heavy atom. The summed E-state index contributed by atoms with van der Waals surface area (Å²) in [5.74, 6) is -0.172. The molecule has 134 valence electrons. The van der Waals surface area contributed by atoms with E-state index in [4.69, 9.17) is 0 Å². The van der Waals surface area contributed by atoms with Crippen LogP contribution in [0.3, 0.4) is 0 Å². The molecular weight excluding hydrogens is 318 g/mol. The Morgan fingerprint density at radius 3 is 2.56 bits per heavy atom. The molecule has 0 bridgehead atoms. The molecular formula is C18H25N5O2. The van der Waals surface area contributed by atoms with Gasteiger partial charge in [0, 0.05) is 13.0 Å². The molecule has 1 amide bonds. The number of carbonyl (C=O) groups is 1. The molecule has 0 radical (unpaired) electrons. The zero-order valence-corrected chi connectivity index (χ0v) is 14.3. The standard InChI is InChI=1S/C18H25N5O2/c24-17(19-13-18(25)10-6-1-2-7-11-18)16(23-14-20-21-22-23)12-15-8-4-3-5-9-15/h3-5,8-9,14,16,25H,1-2,6-7,10-13H2,(H,19,24). The summed E-state index contributed by atoms with van der Waals surface area (Å²) in [5, 5.41) is 24.8. The average molecular weight is 343 g/mol. The van der Waals surface area contributed by atoms with Crippen molar-refractivity contribution in [2.75, 3.05) is 6.54 Å². The third-order valence-corrected chi connectivity index (χ3v) is 4.88. The van der Waals surface area contributed by atoms with Crippen LogP contribution in [0.25, 0.3) is 0 Å². The third kappa shape index (κ3) is 4.85. The number of carbonyl (C=O) groups excluding carboxylic acids is 1. The first kappa shape index (κ1) is 17.5. The minimum absolute atomic E-state index is 0.172. The van der Waals surface area contributed by atoms with Crippen molar-refractivity contribution in [3.8, 4) is 0 Å². The van der Waals surface area contributed by atoms with Crippen molar-refractivity contribution in [3.63, 3.8) is 0 Å². The van der Waals surface area contributed by atoms with Gasteiger partial charge in [0.25, 0.3) is 0 Å². The van der Waals surface area contributed by atoms with Gasteiger partial charge in [0.15, 0.2) is 0 Å². The van der Waals surface area contributed by atoms with Gasteiger partial charge < -0.3 is 10.4 Å². The van der Waals surface area contributed by atoms with Gasteiger partial charge in [-0.15, -0.1) is 5.10 Å². The lowest BCUT2D eigenvalue weighted by Gasteiger charge is -2.28. The van der Waals surface area contributed by atoms with Gasteiger partial charge in [-0.1, -0.05) is 56.0 Å². The van der Waals surface area contributed by atoms with Gasteiger partial charge in [-0.25, -0.2) is 4.68 Å². The van der Waals surface area contributed by atoms with Crippen molar-refractivity contribution >= 4 is 5.91 Å². The first-order valence-corrected chi connectivity index (χ1v) is 8.93. The summed E-state index contributed by atoms with van der Waals surface area (Å²) in [5.41, 5.74) is 0.232. The minimum atomic E-state index is -0.802. The maximum absolute atomic E-state index is 12.8. The summed E-state index contributed by atoms with van der Waals surface area (Å²) in [6.45, 7) is 0.277. The van der Waals surface area contributed by atoms with Gasteiger partial charge in [-0.05, 0) is 28.8 Å². The highest BCUT2D eigenvalue weighted by atomic mass is 16.3. The molecule has 25 heavy (non-hydrogen) atoms. The molecule has 1 unspecified atom stereocenters. The van der Waals surface area contributed by atoms with E-state index in [-0.39, 0.29) is 12.5 Å². The van der Waals surface area contributed by atoms with Crippen LogP contribution in [0.2, 0.25) is 0 Å². The highest BCUT2D eigenvalue weighted by Crippen LogP contribution is 2.26. The molecule has 0 saturated heterocycles. The second-order valence-corrected chi connectivity index (χ2v) is 6.85. The monoisotopic (exact) mass is 343 g/mol. The number of nitrogens with one attached hydrogen (secondary N) is 1. The van der Waals surface area contributed by atoms with E-state index in [9.17, 15) is 9.90 Å². The van der Waals surface area contributed by atoms with Crippen molar-refractivity contribution < 1.29 is 9.90 Å². The number of hydrogen-bond acceptors (Lipinski definition) is 5. The number of tetrazole rings is 1. The zero-order chi connectivity index (χ0) is 17.5. The molecule has 2 N–H and O–H groups in total. The molecule has 1 aromatic carbocycles. The van der Waals surface area contributed by atoms with Crippen molar-refractivity contribution in [2.24, 2.45) is 0 Å². The van der Waals surface area contributed by atoms with E-state index in [0.717, 1.165) is 44.1 Å². The molecule has 1 atom stereocenters. The van der Waals surface area contributed by atoms with Crippen molar-refractivity contribution in [1.82, 2.24) is 25.5 Å². The summed E-state index contributed by atoms with van der Waals surface area (Å²) in [4.78, 5) is 12.8. The maximum Gasteiger partial charge on any atom is 0.245 e. The number of benzene rings is 1. The Bertz CT molecular complexity index is 651. The lowest BCUT2D eigenvalue weighted by atomic mass is 9.94. The van der Waals surface area contributed by atoms with Crippen LogP contribution in [0.15, 0.2) is 36.7 Å². The van der Waals surface area contributed by atoms with Gasteiger partial charge in [0.2, 0.25) is 5.91 Å². The summed E-state index contributed by atoms with van der Waals surface area (Å²) < 4.78 is 1.47. The highest BCUT2D eigenvalue weighted by Gasteiger charge is 2.30. The normalized spacial score (nSPS) is 18.3. The van der Waals surface area contributed by atoms with Crippen molar-refractivity contribution in [2.45, 2.75) is 56.6 Å². The number of rotatable bonds is 6. The summed E-state index contributed by atoms with van der Waals surface area (Å²) in [6.07, 6.45) is 7.74. The molecule has 7 heteroatoms. The molecule has 1 heterocycles. The van der Waals surface area contributed by atoms with Gasteiger partial charge >= 0.3 is 0 Å². The average Bonchev–Trinajstić information content (AvgIpc) is 3.07. The Morgan fingerprint density at radius 2 is 1.92 bits per heavy atom. The van der Waals surface area contributed by atoms with Gasteiger partial charge in [-0.2, -0.15) is 0 Å². The summed E-state index contributed by atoms with van der Waals surface area (Å²) in [7, 11) is 0. The molecule has 1 saturated carbocycles. The number of nitrogens with zero attached hydrogens (tertiary/aromatic N) is 4. The second kappa shape index (κ2) is 8.20. The quantitative estimate of drug-likeness (QED) is 0.778. The predicted molar refractivity (Wildman–Crippen MR) is 92.7 cm³/mol. The topological polar surface area (TPSA) is 92.9 Å². The fourth-order valence-electron chi connectivity index (χ4n) is 3.39. The molecule has 0 aliphatic heterocycles. The molecule has 2 aromatic rings. The van der Waals surface area contributed by atoms with Crippen molar-refractivity contribution in [1.29, 1.82) is 0 Å². The van der Waals surface area contributed by atoms with Crippen LogP contribution in [-0.4, -0.2) is 43.4 Å². The Kier molecular flexibility index (Phi) is 5.75. The number of amides is 1. The molecule has 1 fully saturated rings. The number of hydrogen-bond donors (Lipinski definition) is 2. The number of aliphatic hydroxyl groups is 1. The predicted octanol–water partition coefficient (Wildman–Crippen LogP) is 1.66. The van der Waals surface area contributed by atoms with Crippen LogP contribution in [0.4, 0.5) is 0 Å². The van der Waals surface area contributed by atoms with E-state index in [1.807, 2.05) is 30.3 Å². The molecule has 1 aliphatic rings. The van der Waals surface area contributed by atoms with Crippen LogP contribution in [0.5, 0.6) is 0 Å². The first-order valence-electron chi connectivity index (χ1n) is 8.93. The van der Waals surface area contributed by atoms with Gasteiger partial charge in [0.05, 0.1) is 5.60 Å². The Labute approximate surface area is 147 Å². The van der Waals surface area contributed by atoms with Crippen LogP contribution < -0.4 is 5.32 Å². The fourth-order valence-corrected chi connectivity index (χ4v) is 3.39. The Hall–Kier alpha value is -2.28. The van der Waals surface area contributed by atoms with Crippen molar-refractivity contribution in [3.05, 3.63) is 42.2 Å². The molecule has 1 aromatic heterocycles. The van der Waals surface area contributed by atoms with E-state index in [1.165, 1.54) is 11.0 Å². The van der Waals surface area contributed by atoms with Crippen LogP contribution in [0.1, 0.15) is 50.1 Å². The Balaban J connectivity index is 1.67. The highest BCUT2D eigenvalue weighted by molar-refractivity contribution is 5.80. The van der Waals surface area contributed by atoms with Gasteiger partial charge in [0.1, 0.15) is 12.4 Å². The van der Waals surface area contributed by atoms with Crippen LogP contribution >= 0.6 is 0 Å². The summed E-state index contributed by atoms with van der Waals surface area (Å²) >= 11 is 0. The minimum Gasteiger partial charge on any atom is -0.388 e. The molecule has 0 spiro atoms. The lowest BCUT2D eigenvalue weighted by Crippen LogP contribution is -2.45. The van der Waals surface area contributed by atoms with E-state index >= 15 is 0 Å². The number of aromatic nitrogens is 4. The van der Waals surface area contributed by atoms with E-state index in [1.54, 1.807) is 0 Å². The van der Waals surface area contributed by atoms with E-state index in [2.05, 4.69) is 20.8 Å². The first-order chi connectivity index (χ1) is 12.2. The molecule has 1 aliphatic carbocycles. The SMILES string of the molecule is O=C(NCC1(O)CCCCCC1)C(Cc1ccccc1)n1cnnn1. The van der Waals surface area contributed by atoms with E-state index < -0.39 is 11.6 Å². The third-order valence-electron chi connectivity index (χ3n) is 4.88. The zero-order valence-electron chi connectivity index (χ0n) is 14.3. The molecule has 7 nitrogen and oxygen atoms in total. The lowest BCUT2D eigenvalue weighted by molar-refractivity contribution is -0.126. The fraction of sp³-hybridized carbons (Fsp3) is 0.556. The smallest absolute Gasteiger partial charge is 0.245 e. The largest absolute Gasteiger partial charge is 0.388 e. The van der Waals surface area contributed by atoms with Crippen LogP contribution in [-0.2, 0) is 11.2 Å². The summed E-state index contributed by atoms with van der Waals surface area (Å²) in [6, 6.07) is 9.24. The van der Waals surface area contributed by atoms with Crippen LogP contribution in [0, 0.1) is 0 Å². The molecule has 3 rings (SSSR count). The second-order valence-electron chi connectivity index (χ2n) is 6.85. The van der Waals surface area contributed by atoms with E-state index in [0.29, 0.717) is 6.42 Å². The maximum atomic E-state index is 12.8. The van der Waals surface area contributed by atoms with Gasteiger partial charge in [-0.3, -0.25) is 4.79 Å².